The van der Waals surface area contributed by atoms with Crippen molar-refractivity contribution in [2.75, 3.05) is 0 Å². The summed E-state index contributed by atoms with van der Waals surface area (Å²) in [6.45, 7) is 10.5. The van der Waals surface area contributed by atoms with Crippen LogP contribution in [-0.2, 0) is 17.0 Å². The van der Waals surface area contributed by atoms with Gasteiger partial charge in [0, 0.05) is 36.6 Å². The van der Waals surface area contributed by atoms with Gasteiger partial charge in [0.25, 0.3) is 0 Å². The summed E-state index contributed by atoms with van der Waals surface area (Å²) >= 11 is 0. The SMILES string of the molecule is C.CCCC1CCC(=O)CC1.CCCC1CCC(O)(c2cc(F)cc(F)c2)CC1.CCCC1CCC(c2cc(F)c(O)c(F)c2)CC1.CCCC1CCC(c2cc(F)c(OCc3cc(F)c(F)c(F)c3)c(F)c2)CC1.CCCC1CCC(c2cc(F)cc(F)c2)CC1.Fc1c[c-]cc(F)c1.[Br-].[Mg+2]. The number of hydrogen-bond acceptors (Lipinski definition) is 4. The third-order valence-corrected chi connectivity index (χ3v) is 20.5. The van der Waals surface area contributed by atoms with E-state index in [9.17, 15) is 67.0 Å². The molecule has 0 atom stereocenters. The molecular weight excluding hydrogens is 1410 g/mol. The number of aliphatic hydroxyl groups is 1. The number of benzene rings is 6. The quantitative estimate of drug-likeness (QED) is 0.0413. The molecule has 0 aromatic heterocycles. The average molecular weight is 1520 g/mol. The van der Waals surface area contributed by atoms with Gasteiger partial charge in [0.15, 0.2) is 52.2 Å². The molecule has 0 unspecified atom stereocenters. The largest absolute Gasteiger partial charge is 2.00 e. The predicted octanol–water partition coefficient (Wildman–Crippen LogP) is 22.5. The zero-order chi connectivity index (χ0) is 72.2. The fraction of sp³-hybridized carbons (Fsp3) is 0.554. The number of rotatable bonds is 17. The summed E-state index contributed by atoms with van der Waals surface area (Å²) < 4.78 is 176. The summed E-state index contributed by atoms with van der Waals surface area (Å²) in [5.74, 6) is -7.55. The number of aromatic hydroxyl groups is 1. The van der Waals surface area contributed by atoms with Crippen molar-refractivity contribution >= 4 is 28.8 Å². The topological polar surface area (TPSA) is 66.8 Å². The van der Waals surface area contributed by atoms with Crippen LogP contribution in [0.5, 0.6) is 11.5 Å². The van der Waals surface area contributed by atoms with Crippen LogP contribution in [-0.4, -0.2) is 39.0 Å². The number of phenolic OH excluding ortho intramolecular Hbond substituents is 1. The molecule has 5 aliphatic carbocycles. The van der Waals surface area contributed by atoms with Gasteiger partial charge in [-0.05, 0) is 251 Å². The van der Waals surface area contributed by atoms with Gasteiger partial charge in [0.05, 0.1) is 5.60 Å². The van der Waals surface area contributed by atoms with E-state index in [1.165, 1.54) is 113 Å². The molecule has 19 heteroatoms. The van der Waals surface area contributed by atoms with Crippen LogP contribution < -0.4 is 21.7 Å². The van der Waals surface area contributed by atoms with Gasteiger partial charge in [-0.25, -0.2) is 48.3 Å². The maximum Gasteiger partial charge on any atom is 2.00 e. The molecule has 5 saturated carbocycles. The Balaban J connectivity index is 0.000000328. The Bertz CT molecular complexity index is 3280. The van der Waals surface area contributed by atoms with Crippen molar-refractivity contribution in [3.63, 3.8) is 0 Å². The van der Waals surface area contributed by atoms with Crippen molar-refractivity contribution in [1.29, 1.82) is 0 Å². The van der Waals surface area contributed by atoms with E-state index in [0.29, 0.717) is 53.1 Å². The van der Waals surface area contributed by atoms with Gasteiger partial charge in [0.2, 0.25) is 0 Å². The number of carbonyl (C=O) groups excluding carboxylic acids is 1. The van der Waals surface area contributed by atoms with E-state index in [4.69, 9.17) is 9.84 Å². The second-order valence-corrected chi connectivity index (χ2v) is 28.1. The molecule has 2 N–H and O–H groups in total. The maximum absolute atomic E-state index is 14.4. The molecule has 0 radical (unpaired) electrons. The minimum Gasteiger partial charge on any atom is -1.00 e. The summed E-state index contributed by atoms with van der Waals surface area (Å²) in [7, 11) is 0. The van der Waals surface area contributed by atoms with Crippen molar-refractivity contribution in [3.05, 3.63) is 201 Å². The van der Waals surface area contributed by atoms with Crippen molar-refractivity contribution in [3.8, 4) is 11.5 Å². The van der Waals surface area contributed by atoms with Crippen LogP contribution in [0.2, 0.25) is 0 Å². The smallest absolute Gasteiger partial charge is 1.00 e. The van der Waals surface area contributed by atoms with Gasteiger partial charge in [-0.15, -0.1) is 18.2 Å². The number of carbonyl (C=O) groups is 1. The van der Waals surface area contributed by atoms with Gasteiger partial charge in [-0.3, -0.25) is 13.6 Å². The van der Waals surface area contributed by atoms with E-state index in [-0.39, 0.29) is 64.9 Å². The van der Waals surface area contributed by atoms with E-state index < -0.39 is 99.3 Å². The first-order chi connectivity index (χ1) is 47.3. The summed E-state index contributed by atoms with van der Waals surface area (Å²) in [6.07, 6.45) is 32.1. The molecular formula is C83H106BrF13MgO4. The number of halogens is 14. The molecule has 0 bridgehead atoms. The molecule has 0 aliphatic heterocycles. The average Bonchev–Trinajstić information content (AvgIpc) is 0.828. The standard InChI is InChI=1S/C22H23F5O.2C15H20F2O.C15H20F2.C9H16O.C6H3F2.CH4.BrH.Mg/c1-2-3-13-4-6-15(7-5-13)16-10-19(25)22(20(26)11-16)28-12-14-8-17(23)21(27)18(24)9-14;1-2-3-11-4-6-15(18,7-5-11)12-8-13(16)10-14(17)9-12;1-2-3-10-4-6-11(7-5-10)12-8-13(16)15(18)14(17)9-12;1-2-3-11-4-6-12(7-5-11)13-8-14(16)10-15(17)9-13;1-2-3-8-4-6-9(10)7-5-8;7-5-2-1-3-6(8)4-5;;;/h8-11,13,15H,2-7,12H2,1H3;2*8-11,18H,2-7H2,1H3;8-12H,2-7H2,1H3;8H,2-7H2,1H3;2-4H;1H4;1H;/q;;;;;-1;;;+2/p-1. The van der Waals surface area contributed by atoms with Gasteiger partial charge in [0.1, 0.15) is 35.7 Å². The Morgan fingerprint density at radius 1 is 0.412 bits per heavy atom. The molecule has 0 spiro atoms. The minimum absolute atomic E-state index is 0. The van der Waals surface area contributed by atoms with Gasteiger partial charge in [-0.1, -0.05) is 106 Å². The Labute approximate surface area is 625 Å². The summed E-state index contributed by atoms with van der Waals surface area (Å²) in [5.41, 5.74) is 1.42. The zero-order valence-corrected chi connectivity index (χ0v) is 62.4. The van der Waals surface area contributed by atoms with Gasteiger partial charge >= 0.3 is 23.1 Å². The van der Waals surface area contributed by atoms with Crippen LogP contribution in [0.25, 0.3) is 0 Å². The Kier molecular flexibility index (Phi) is 41.8. The Morgan fingerprint density at radius 2 is 0.725 bits per heavy atom. The number of hydrogen-bond donors (Lipinski definition) is 2. The van der Waals surface area contributed by atoms with Crippen molar-refractivity contribution in [1.82, 2.24) is 0 Å². The van der Waals surface area contributed by atoms with Crippen LogP contribution in [0, 0.1) is 111 Å². The molecule has 562 valence electrons. The van der Waals surface area contributed by atoms with E-state index in [1.807, 2.05) is 0 Å². The van der Waals surface area contributed by atoms with Crippen molar-refractivity contribution < 1.29 is 93.8 Å². The van der Waals surface area contributed by atoms with E-state index >= 15 is 0 Å². The minimum atomic E-state index is -1.60. The monoisotopic (exact) mass is 1520 g/mol. The first-order valence-electron chi connectivity index (χ1n) is 36.3. The molecule has 4 nitrogen and oxygen atoms in total. The first kappa shape index (κ1) is 91.1. The van der Waals surface area contributed by atoms with E-state index in [1.54, 1.807) is 0 Å². The third-order valence-electron chi connectivity index (χ3n) is 20.5. The predicted molar refractivity (Wildman–Crippen MR) is 377 cm³/mol. The zero-order valence-electron chi connectivity index (χ0n) is 59.4. The maximum atomic E-state index is 14.4. The molecule has 0 heterocycles. The van der Waals surface area contributed by atoms with Crippen molar-refractivity contribution in [2.24, 2.45) is 29.6 Å². The fourth-order valence-corrected chi connectivity index (χ4v) is 15.1. The van der Waals surface area contributed by atoms with Crippen LogP contribution in [0.4, 0.5) is 57.1 Å². The number of phenols is 1. The molecule has 102 heavy (non-hydrogen) atoms. The van der Waals surface area contributed by atoms with Crippen LogP contribution in [0.1, 0.15) is 280 Å². The molecule has 11 rings (SSSR count). The first-order valence-corrected chi connectivity index (χ1v) is 36.3. The number of ketones is 1. The Hall–Kier alpha value is -5.11. The van der Waals surface area contributed by atoms with Crippen LogP contribution in [0.3, 0.4) is 0 Å². The third kappa shape index (κ3) is 30.0. The fourth-order valence-electron chi connectivity index (χ4n) is 15.1. The van der Waals surface area contributed by atoms with Gasteiger partial charge < -0.3 is 31.9 Å². The molecule has 0 saturated heterocycles. The normalized spacial score (nSPS) is 21.6. The number of Topliss-reactive ketones (excluding diaryl/α,β-unsaturated/α-hetero) is 1. The second-order valence-electron chi connectivity index (χ2n) is 28.1. The summed E-state index contributed by atoms with van der Waals surface area (Å²) in [6, 6.07) is 19.1. The van der Waals surface area contributed by atoms with Crippen LogP contribution in [0.15, 0.2) is 91.0 Å². The summed E-state index contributed by atoms with van der Waals surface area (Å²) in [4.78, 5) is 10.8. The van der Waals surface area contributed by atoms with E-state index in [2.05, 4.69) is 40.7 Å². The van der Waals surface area contributed by atoms with Crippen LogP contribution >= 0.6 is 0 Å². The summed E-state index contributed by atoms with van der Waals surface area (Å²) in [5, 5.41) is 19.6. The second kappa shape index (κ2) is 46.8. The molecule has 6 aromatic rings. The molecule has 6 aromatic carbocycles. The molecule has 5 fully saturated rings. The molecule has 5 aliphatic rings. The number of ether oxygens (including phenoxy) is 1. The van der Waals surface area contributed by atoms with Gasteiger partial charge in [-0.2, -0.15) is 6.07 Å². The van der Waals surface area contributed by atoms with Crippen molar-refractivity contribution in [2.45, 2.75) is 265 Å². The van der Waals surface area contributed by atoms with E-state index in [0.717, 1.165) is 181 Å². The Morgan fingerprint density at radius 3 is 1.07 bits per heavy atom. The molecule has 0 amide bonds.